The number of hydrogen-bond donors (Lipinski definition) is 3. The van der Waals surface area contributed by atoms with Gasteiger partial charge in [-0.1, -0.05) is 11.6 Å². The third-order valence-corrected chi connectivity index (χ3v) is 4.78. The van der Waals surface area contributed by atoms with E-state index in [1.807, 2.05) is 0 Å². The summed E-state index contributed by atoms with van der Waals surface area (Å²) < 4.78 is 31.8. The van der Waals surface area contributed by atoms with E-state index in [1.165, 1.54) is 26.0 Å². The normalized spacial score (nSPS) is 11.2. The first-order valence-electron chi connectivity index (χ1n) is 6.09. The van der Waals surface area contributed by atoms with Crippen LogP contribution in [0.25, 0.3) is 0 Å². The number of carbonyl (C=O) groups is 1. The molecule has 1 aromatic heterocycles. The number of carboxylic acid groups (broad SMARTS) is 1. The van der Waals surface area contributed by atoms with E-state index in [0.29, 0.717) is 10.7 Å². The van der Waals surface area contributed by atoms with Gasteiger partial charge in [-0.15, -0.1) is 0 Å². The standard InChI is InChI=1S/C13H13ClN2O5S/c1-7-11(8(2)15-12(7)21-13(17)18)22(19,20)16-10-5-3-9(14)4-6-10/h3-6,15-16H,1-2H3,(H,17,18). The Morgan fingerprint density at radius 2 is 1.86 bits per heavy atom. The summed E-state index contributed by atoms with van der Waals surface area (Å²) in [5, 5.41) is 9.12. The lowest BCUT2D eigenvalue weighted by Gasteiger charge is -2.08. The molecule has 1 aromatic carbocycles. The van der Waals surface area contributed by atoms with Gasteiger partial charge >= 0.3 is 6.16 Å². The van der Waals surface area contributed by atoms with Gasteiger partial charge in [0.1, 0.15) is 4.90 Å². The molecule has 0 amide bonds. The fourth-order valence-electron chi connectivity index (χ4n) is 2.02. The Kier molecular flexibility index (Phi) is 4.34. The van der Waals surface area contributed by atoms with Gasteiger partial charge in [-0.25, -0.2) is 13.2 Å². The molecule has 0 aliphatic rings. The summed E-state index contributed by atoms with van der Waals surface area (Å²) in [5.41, 5.74) is 0.793. The molecule has 0 saturated heterocycles. The second kappa shape index (κ2) is 5.90. The maximum Gasteiger partial charge on any atom is 0.512 e. The smallest absolute Gasteiger partial charge is 0.449 e. The quantitative estimate of drug-likeness (QED) is 0.738. The molecule has 0 aliphatic heterocycles. The first-order chi connectivity index (χ1) is 10.2. The Morgan fingerprint density at radius 1 is 1.27 bits per heavy atom. The van der Waals surface area contributed by atoms with Crippen LogP contribution >= 0.6 is 11.6 Å². The van der Waals surface area contributed by atoms with E-state index >= 15 is 0 Å². The second-order valence-electron chi connectivity index (χ2n) is 4.51. The minimum atomic E-state index is -3.90. The van der Waals surface area contributed by atoms with Crippen LogP contribution in [-0.4, -0.2) is 24.7 Å². The summed E-state index contributed by atoms with van der Waals surface area (Å²) >= 11 is 5.75. The number of aromatic nitrogens is 1. The minimum absolute atomic E-state index is 0.0568. The third kappa shape index (κ3) is 3.34. The minimum Gasteiger partial charge on any atom is -0.449 e. The maximum atomic E-state index is 12.5. The average Bonchev–Trinajstić information content (AvgIpc) is 2.66. The third-order valence-electron chi connectivity index (χ3n) is 2.88. The van der Waals surface area contributed by atoms with E-state index < -0.39 is 16.2 Å². The maximum absolute atomic E-state index is 12.5. The number of anilines is 1. The number of rotatable bonds is 4. The molecule has 7 nitrogen and oxygen atoms in total. The zero-order valence-electron chi connectivity index (χ0n) is 11.7. The molecule has 0 spiro atoms. The number of aryl methyl sites for hydroxylation is 1. The fraction of sp³-hybridized carbons (Fsp3) is 0.154. The van der Waals surface area contributed by atoms with Crippen LogP contribution < -0.4 is 9.46 Å². The first-order valence-corrected chi connectivity index (χ1v) is 7.95. The van der Waals surface area contributed by atoms with Crippen molar-refractivity contribution in [2.75, 3.05) is 4.72 Å². The van der Waals surface area contributed by atoms with Gasteiger partial charge < -0.3 is 14.8 Å². The SMILES string of the molecule is Cc1[nH]c(OC(=O)O)c(C)c1S(=O)(=O)Nc1ccc(Cl)cc1. The number of nitrogens with one attached hydrogen (secondary N) is 2. The number of hydrogen-bond acceptors (Lipinski definition) is 4. The Labute approximate surface area is 131 Å². The van der Waals surface area contributed by atoms with Gasteiger partial charge in [-0.05, 0) is 38.1 Å². The van der Waals surface area contributed by atoms with Gasteiger partial charge in [0.25, 0.3) is 10.0 Å². The summed E-state index contributed by atoms with van der Waals surface area (Å²) in [4.78, 5) is 13.1. The fourth-order valence-corrected chi connectivity index (χ4v) is 3.65. The molecule has 1 heterocycles. The van der Waals surface area contributed by atoms with Crippen molar-refractivity contribution in [3.8, 4) is 5.88 Å². The summed E-state index contributed by atoms with van der Waals surface area (Å²) in [6, 6.07) is 6.14. The molecule has 0 aliphatic carbocycles. The van der Waals surface area contributed by atoms with Crippen LogP contribution in [0.15, 0.2) is 29.2 Å². The number of H-pyrrole nitrogens is 1. The van der Waals surface area contributed by atoms with E-state index in [0.717, 1.165) is 0 Å². The molecule has 0 saturated carbocycles. The monoisotopic (exact) mass is 344 g/mol. The van der Waals surface area contributed by atoms with Gasteiger partial charge in [0.05, 0.1) is 0 Å². The number of sulfonamides is 1. The molecule has 2 aromatic rings. The van der Waals surface area contributed by atoms with Gasteiger partial charge in [0.15, 0.2) is 0 Å². The van der Waals surface area contributed by atoms with Gasteiger partial charge in [0.2, 0.25) is 5.88 Å². The van der Waals surface area contributed by atoms with E-state index in [4.69, 9.17) is 16.7 Å². The lowest BCUT2D eigenvalue weighted by Crippen LogP contribution is -2.14. The van der Waals surface area contributed by atoms with Crippen molar-refractivity contribution < 1.29 is 23.1 Å². The number of halogens is 1. The van der Waals surface area contributed by atoms with Crippen molar-refractivity contribution in [1.29, 1.82) is 0 Å². The van der Waals surface area contributed by atoms with Crippen molar-refractivity contribution >= 4 is 33.5 Å². The lowest BCUT2D eigenvalue weighted by atomic mass is 10.3. The summed E-state index contributed by atoms with van der Waals surface area (Å²) in [6.45, 7) is 2.97. The zero-order valence-corrected chi connectivity index (χ0v) is 13.2. The molecular weight excluding hydrogens is 332 g/mol. The Morgan fingerprint density at radius 3 is 2.41 bits per heavy atom. The highest BCUT2D eigenvalue weighted by Gasteiger charge is 2.25. The molecule has 22 heavy (non-hydrogen) atoms. The van der Waals surface area contributed by atoms with Crippen molar-refractivity contribution in [3.63, 3.8) is 0 Å². The average molecular weight is 345 g/mol. The molecule has 3 N–H and O–H groups in total. The van der Waals surface area contributed by atoms with Crippen LogP contribution in [-0.2, 0) is 10.0 Å². The number of benzene rings is 1. The van der Waals surface area contributed by atoms with Crippen molar-refractivity contribution in [3.05, 3.63) is 40.5 Å². The molecule has 9 heteroatoms. The Hall–Kier alpha value is -2.19. The van der Waals surface area contributed by atoms with Crippen LogP contribution in [0.5, 0.6) is 5.88 Å². The van der Waals surface area contributed by atoms with Crippen molar-refractivity contribution in [2.24, 2.45) is 0 Å². The summed E-state index contributed by atoms with van der Waals surface area (Å²) in [6.07, 6.45) is -1.53. The summed E-state index contributed by atoms with van der Waals surface area (Å²) in [5.74, 6) is -0.124. The highest BCUT2D eigenvalue weighted by atomic mass is 35.5. The van der Waals surface area contributed by atoms with Crippen LogP contribution in [0.4, 0.5) is 10.5 Å². The molecule has 2 rings (SSSR count). The largest absolute Gasteiger partial charge is 0.512 e. The van der Waals surface area contributed by atoms with Crippen molar-refractivity contribution in [2.45, 2.75) is 18.7 Å². The van der Waals surface area contributed by atoms with Crippen LogP contribution in [0, 0.1) is 13.8 Å². The zero-order chi connectivity index (χ0) is 16.5. The Balaban J connectivity index is 2.39. The predicted molar refractivity (Wildman–Crippen MR) is 81.2 cm³/mol. The van der Waals surface area contributed by atoms with E-state index in [1.54, 1.807) is 12.1 Å². The molecule has 0 atom stereocenters. The predicted octanol–water partition coefficient (Wildman–Crippen LogP) is 3.14. The molecule has 118 valence electrons. The lowest BCUT2D eigenvalue weighted by molar-refractivity contribution is 0.142. The Bertz CT molecular complexity index is 812. The first kappa shape index (κ1) is 16.2. The number of aromatic amines is 1. The van der Waals surface area contributed by atoms with Crippen LogP contribution in [0.3, 0.4) is 0 Å². The van der Waals surface area contributed by atoms with Crippen LogP contribution in [0.2, 0.25) is 5.02 Å². The molecular formula is C13H13ClN2O5S. The second-order valence-corrected chi connectivity index (χ2v) is 6.57. The molecule has 0 fully saturated rings. The molecule has 0 unspecified atom stereocenters. The molecule has 0 radical (unpaired) electrons. The van der Waals surface area contributed by atoms with E-state index in [2.05, 4.69) is 14.4 Å². The highest BCUT2D eigenvalue weighted by Crippen LogP contribution is 2.30. The molecule has 0 bridgehead atoms. The van der Waals surface area contributed by atoms with Gasteiger partial charge in [0, 0.05) is 22.0 Å². The van der Waals surface area contributed by atoms with Gasteiger partial charge in [-0.2, -0.15) is 0 Å². The van der Waals surface area contributed by atoms with E-state index in [9.17, 15) is 13.2 Å². The summed E-state index contributed by atoms with van der Waals surface area (Å²) in [7, 11) is -3.90. The van der Waals surface area contributed by atoms with Gasteiger partial charge in [-0.3, -0.25) is 4.72 Å². The topological polar surface area (TPSA) is 108 Å². The number of ether oxygens (including phenoxy) is 1. The van der Waals surface area contributed by atoms with Crippen LogP contribution in [0.1, 0.15) is 11.3 Å². The van der Waals surface area contributed by atoms with E-state index in [-0.39, 0.29) is 22.0 Å². The van der Waals surface area contributed by atoms with Crippen molar-refractivity contribution in [1.82, 2.24) is 4.98 Å². The highest BCUT2D eigenvalue weighted by molar-refractivity contribution is 7.92.